The van der Waals surface area contributed by atoms with E-state index in [1.807, 2.05) is 18.2 Å². The second kappa shape index (κ2) is 9.97. The van der Waals surface area contributed by atoms with Crippen molar-refractivity contribution in [3.05, 3.63) is 64.7 Å². The van der Waals surface area contributed by atoms with Crippen molar-refractivity contribution in [2.75, 3.05) is 13.1 Å². The van der Waals surface area contributed by atoms with Crippen LogP contribution in [-0.2, 0) is 34.1 Å². The lowest BCUT2D eigenvalue weighted by molar-refractivity contribution is -0.143. The van der Waals surface area contributed by atoms with Crippen molar-refractivity contribution in [2.24, 2.45) is 5.92 Å². The van der Waals surface area contributed by atoms with E-state index in [0.717, 1.165) is 35.5 Å². The van der Waals surface area contributed by atoms with Crippen LogP contribution in [0, 0.1) is 5.92 Å². The number of amides is 3. The van der Waals surface area contributed by atoms with Crippen molar-refractivity contribution < 1.29 is 19.1 Å². The lowest BCUT2D eigenvalue weighted by Gasteiger charge is -2.23. The molecule has 3 aliphatic rings. The Morgan fingerprint density at radius 3 is 2.59 bits per heavy atom. The van der Waals surface area contributed by atoms with Gasteiger partial charge in [0, 0.05) is 18.5 Å². The number of imide groups is 1. The van der Waals surface area contributed by atoms with Crippen LogP contribution in [0.1, 0.15) is 60.3 Å². The van der Waals surface area contributed by atoms with Gasteiger partial charge in [0.2, 0.25) is 17.7 Å². The van der Waals surface area contributed by atoms with Gasteiger partial charge in [0.15, 0.2) is 0 Å². The summed E-state index contributed by atoms with van der Waals surface area (Å²) in [5.74, 6) is -0.398. The number of hydrogen-bond donors (Lipinski definition) is 2. The van der Waals surface area contributed by atoms with E-state index in [2.05, 4.69) is 34.9 Å². The third-order valence-electron chi connectivity index (χ3n) is 7.21. The number of rotatable bonds is 5. The minimum absolute atomic E-state index is 0.220. The summed E-state index contributed by atoms with van der Waals surface area (Å²) in [7, 11) is 0. The maximum Gasteiger partial charge on any atom is 0.239 e. The van der Waals surface area contributed by atoms with Gasteiger partial charge in [0.05, 0.1) is 6.54 Å². The number of ether oxygens (including phenoxy) is 1. The Kier molecular flexibility index (Phi) is 6.63. The molecule has 0 spiro atoms. The molecule has 2 aromatic rings. The van der Waals surface area contributed by atoms with Gasteiger partial charge >= 0.3 is 0 Å². The summed E-state index contributed by atoms with van der Waals surface area (Å²) in [5, 5.41) is 5.75. The van der Waals surface area contributed by atoms with Crippen LogP contribution in [0.15, 0.2) is 42.5 Å². The molecule has 178 valence electrons. The molecule has 3 heterocycles. The lowest BCUT2D eigenvalue weighted by atomic mass is 9.90. The van der Waals surface area contributed by atoms with E-state index in [4.69, 9.17) is 4.74 Å². The van der Waals surface area contributed by atoms with E-state index < -0.39 is 11.8 Å². The average Bonchev–Trinajstić information content (AvgIpc) is 3.23. The van der Waals surface area contributed by atoms with Gasteiger partial charge in [0.1, 0.15) is 18.3 Å². The van der Waals surface area contributed by atoms with Gasteiger partial charge in [-0.3, -0.25) is 19.7 Å². The van der Waals surface area contributed by atoms with Crippen molar-refractivity contribution in [1.82, 2.24) is 15.5 Å². The van der Waals surface area contributed by atoms with E-state index in [1.54, 1.807) is 4.90 Å². The molecule has 2 fully saturated rings. The fourth-order valence-electron chi connectivity index (χ4n) is 5.23. The van der Waals surface area contributed by atoms with Crippen LogP contribution in [0.2, 0.25) is 0 Å². The molecular formula is C27H31N3O4. The second-order valence-corrected chi connectivity index (χ2v) is 9.50. The Morgan fingerprint density at radius 2 is 1.79 bits per heavy atom. The molecule has 2 N–H and O–H groups in total. The molecule has 0 saturated carbocycles. The molecule has 1 atom stereocenters. The lowest BCUT2D eigenvalue weighted by Crippen LogP contribution is -2.42. The quantitative estimate of drug-likeness (QED) is 0.528. The highest BCUT2D eigenvalue weighted by Crippen LogP contribution is 2.33. The summed E-state index contributed by atoms with van der Waals surface area (Å²) in [4.78, 5) is 38.8. The zero-order valence-corrected chi connectivity index (χ0v) is 19.3. The van der Waals surface area contributed by atoms with Crippen LogP contribution in [0.5, 0.6) is 5.75 Å². The van der Waals surface area contributed by atoms with Crippen LogP contribution in [0.25, 0.3) is 0 Å². The third kappa shape index (κ3) is 4.85. The Bertz CT molecular complexity index is 1080. The van der Waals surface area contributed by atoms with E-state index in [-0.39, 0.29) is 18.2 Å². The number of nitrogens with zero attached hydrogens (tertiary/aromatic N) is 1. The summed E-state index contributed by atoms with van der Waals surface area (Å²) in [6, 6.07) is 14.6. The van der Waals surface area contributed by atoms with E-state index in [0.29, 0.717) is 38.5 Å². The number of hydrogen-bond acceptors (Lipinski definition) is 5. The van der Waals surface area contributed by atoms with E-state index in [1.165, 1.54) is 18.4 Å². The summed E-state index contributed by atoms with van der Waals surface area (Å²) < 4.78 is 6.18. The largest absolute Gasteiger partial charge is 0.489 e. The van der Waals surface area contributed by atoms with E-state index >= 15 is 0 Å². The van der Waals surface area contributed by atoms with Crippen molar-refractivity contribution in [1.29, 1.82) is 0 Å². The number of nitrogens with one attached hydrogen (secondary N) is 2. The van der Waals surface area contributed by atoms with Crippen LogP contribution in [-0.4, -0.2) is 35.7 Å². The maximum atomic E-state index is 13.1. The molecule has 0 bridgehead atoms. The van der Waals surface area contributed by atoms with Crippen LogP contribution in [0.4, 0.5) is 0 Å². The molecule has 2 saturated heterocycles. The molecule has 7 heteroatoms. The minimum Gasteiger partial charge on any atom is -0.489 e. The Balaban J connectivity index is 1.22. The number of fused-ring (bicyclic) bond motifs is 1. The summed E-state index contributed by atoms with van der Waals surface area (Å²) in [5.41, 5.74) is 4.54. The number of carbonyl (C=O) groups excluding carboxylic acids is 3. The Morgan fingerprint density at radius 1 is 1.00 bits per heavy atom. The fraction of sp³-hybridized carbons (Fsp3) is 0.444. The first-order valence-corrected chi connectivity index (χ1v) is 12.2. The summed E-state index contributed by atoms with van der Waals surface area (Å²) in [6.07, 6.45) is 3.59. The van der Waals surface area contributed by atoms with Crippen LogP contribution >= 0.6 is 0 Å². The molecule has 2 aromatic carbocycles. The van der Waals surface area contributed by atoms with Crippen LogP contribution in [0.3, 0.4) is 0 Å². The first-order chi connectivity index (χ1) is 16.6. The summed E-state index contributed by atoms with van der Waals surface area (Å²) in [6.45, 7) is 3.49. The van der Waals surface area contributed by atoms with Gasteiger partial charge in [0.25, 0.3) is 0 Å². The van der Waals surface area contributed by atoms with Crippen LogP contribution < -0.4 is 15.4 Å². The first-order valence-electron chi connectivity index (χ1n) is 12.2. The van der Waals surface area contributed by atoms with Gasteiger partial charge < -0.3 is 15.0 Å². The van der Waals surface area contributed by atoms with Crippen molar-refractivity contribution in [2.45, 2.75) is 57.7 Å². The van der Waals surface area contributed by atoms with Gasteiger partial charge in [-0.25, -0.2) is 0 Å². The number of carbonyl (C=O) groups is 3. The molecule has 0 aliphatic carbocycles. The Labute approximate surface area is 199 Å². The molecular weight excluding hydrogens is 430 g/mol. The highest BCUT2D eigenvalue weighted by Gasteiger charge is 2.36. The highest BCUT2D eigenvalue weighted by molar-refractivity contribution is 6.07. The zero-order chi connectivity index (χ0) is 23.5. The third-order valence-corrected chi connectivity index (χ3v) is 7.21. The van der Waals surface area contributed by atoms with Gasteiger partial charge in [-0.1, -0.05) is 36.4 Å². The first kappa shape index (κ1) is 22.6. The van der Waals surface area contributed by atoms with Gasteiger partial charge in [-0.15, -0.1) is 0 Å². The normalized spacial score (nSPS) is 21.1. The number of benzene rings is 2. The molecule has 0 aromatic heterocycles. The van der Waals surface area contributed by atoms with Crippen molar-refractivity contribution in [3.63, 3.8) is 0 Å². The molecule has 5 rings (SSSR count). The maximum absolute atomic E-state index is 13.1. The predicted octanol–water partition coefficient (Wildman–Crippen LogP) is 3.02. The Hall–Kier alpha value is -3.19. The topological polar surface area (TPSA) is 87.7 Å². The molecule has 0 radical (unpaired) electrons. The summed E-state index contributed by atoms with van der Waals surface area (Å²) >= 11 is 0. The predicted molar refractivity (Wildman–Crippen MR) is 127 cm³/mol. The minimum atomic E-state index is -0.802. The highest BCUT2D eigenvalue weighted by atomic mass is 16.5. The van der Waals surface area contributed by atoms with E-state index in [9.17, 15) is 14.4 Å². The molecule has 0 unspecified atom stereocenters. The molecule has 7 nitrogen and oxygen atoms in total. The SMILES string of the molecule is O=C1CCC[C@H](C(=O)N2Cc3cccc(OCc4ccc(C5CCNCC5)cc4)c3C2)C(=O)N1. The number of piperidine rings is 1. The van der Waals surface area contributed by atoms with Gasteiger partial charge in [-0.05, 0) is 67.4 Å². The molecule has 3 amide bonds. The molecule has 34 heavy (non-hydrogen) atoms. The van der Waals surface area contributed by atoms with Gasteiger partial charge in [-0.2, -0.15) is 0 Å². The fourth-order valence-corrected chi connectivity index (χ4v) is 5.23. The standard InChI is InChI=1S/C27H31N3O4/c31-25-6-2-4-22(26(32)29-25)27(33)30-15-21-3-1-5-24(23(21)16-30)34-17-18-7-9-19(10-8-18)20-11-13-28-14-12-20/h1,3,5,7-10,20,22,28H,2,4,6,11-17H2,(H,29,31,32)/t22-/m0/s1. The zero-order valence-electron chi connectivity index (χ0n) is 19.3. The van der Waals surface area contributed by atoms with Crippen molar-refractivity contribution in [3.8, 4) is 5.75 Å². The monoisotopic (exact) mass is 461 g/mol. The smallest absolute Gasteiger partial charge is 0.239 e. The average molecular weight is 462 g/mol. The second-order valence-electron chi connectivity index (χ2n) is 9.50. The van der Waals surface area contributed by atoms with Crippen molar-refractivity contribution >= 4 is 17.7 Å². The molecule has 3 aliphatic heterocycles.